The van der Waals surface area contributed by atoms with E-state index in [1.54, 1.807) is 24.2 Å². The molecule has 0 aliphatic carbocycles. The zero-order valence-corrected chi connectivity index (χ0v) is 16.0. The molecule has 2 heterocycles. The molecular weight excluding hydrogens is 366 g/mol. The van der Waals surface area contributed by atoms with Crippen LogP contribution in [0.25, 0.3) is 0 Å². The number of rotatable bonds is 5. The zero-order chi connectivity index (χ0) is 18.7. The average molecular weight is 386 g/mol. The van der Waals surface area contributed by atoms with Gasteiger partial charge in [-0.2, -0.15) is 0 Å². The van der Waals surface area contributed by atoms with Crippen LogP contribution in [0, 0.1) is 5.41 Å². The van der Waals surface area contributed by atoms with Gasteiger partial charge >= 0.3 is 0 Å². The topological polar surface area (TPSA) is 56.2 Å². The second kappa shape index (κ2) is 7.89. The molecule has 0 spiro atoms. The Morgan fingerprint density at radius 3 is 2.92 bits per heavy atom. The monoisotopic (exact) mass is 385 g/mol. The summed E-state index contributed by atoms with van der Waals surface area (Å²) in [7, 11) is 1.80. The highest BCUT2D eigenvalue weighted by Crippen LogP contribution is 2.41. The van der Waals surface area contributed by atoms with Gasteiger partial charge in [0.2, 0.25) is 5.91 Å². The van der Waals surface area contributed by atoms with Crippen LogP contribution in [0.1, 0.15) is 27.5 Å². The third kappa shape index (κ3) is 3.59. The molecule has 1 aliphatic rings. The first-order valence-corrected chi connectivity index (χ1v) is 9.45. The van der Waals surface area contributed by atoms with E-state index in [0.717, 1.165) is 25.9 Å². The molecule has 1 aromatic carbocycles. The van der Waals surface area contributed by atoms with Crippen LogP contribution in [0.4, 0.5) is 0 Å². The summed E-state index contributed by atoms with van der Waals surface area (Å²) in [6.45, 7) is 4.71. The lowest BCUT2D eigenvalue weighted by Gasteiger charge is -2.33. The summed E-state index contributed by atoms with van der Waals surface area (Å²) in [5, 5.41) is 11.3. The maximum Gasteiger partial charge on any atom is 0.246 e. The molecule has 1 atom stereocenters. The van der Waals surface area contributed by atoms with Crippen LogP contribution in [0.2, 0.25) is 4.34 Å². The maximum atomic E-state index is 12.2. The molecule has 4 nitrogen and oxygen atoms in total. The Labute approximate surface area is 162 Å². The number of carbonyl (C=O) groups is 1. The third-order valence-corrected chi connectivity index (χ3v) is 5.72. The molecule has 134 valence electrons. The van der Waals surface area contributed by atoms with E-state index < -0.39 is 0 Å². The average Bonchev–Trinajstić information content (AvgIpc) is 3.04. The second-order valence-electron chi connectivity index (χ2n) is 6.03. The normalized spacial score (nSPS) is 16.4. The van der Waals surface area contributed by atoms with Crippen molar-refractivity contribution in [2.75, 3.05) is 13.6 Å². The minimum atomic E-state index is -0.0900. The predicted molar refractivity (Wildman–Crippen MR) is 108 cm³/mol. The number of allylic oxidation sites excluding steroid dienone is 1. The number of halogens is 1. The predicted octanol–water partition coefficient (Wildman–Crippen LogP) is 4.16. The molecule has 2 aromatic rings. The van der Waals surface area contributed by atoms with E-state index in [2.05, 4.69) is 11.9 Å². The number of thiophene rings is 1. The smallest absolute Gasteiger partial charge is 0.246 e. The number of fused-ring (bicyclic) bond motifs is 1. The number of carbonyl (C=O) groups excluding carboxylic acids is 1. The number of amides is 1. The van der Waals surface area contributed by atoms with E-state index >= 15 is 0 Å². The van der Waals surface area contributed by atoms with E-state index in [9.17, 15) is 4.79 Å². The van der Waals surface area contributed by atoms with Crippen molar-refractivity contribution in [3.8, 4) is 0 Å². The van der Waals surface area contributed by atoms with Crippen molar-refractivity contribution in [3.05, 3.63) is 81.2 Å². The van der Waals surface area contributed by atoms with Gasteiger partial charge < -0.3 is 15.6 Å². The molecule has 0 unspecified atom stereocenters. The van der Waals surface area contributed by atoms with Gasteiger partial charge in [-0.3, -0.25) is 4.79 Å². The Hall–Kier alpha value is -2.37. The van der Waals surface area contributed by atoms with Crippen molar-refractivity contribution in [2.45, 2.75) is 12.5 Å². The minimum Gasteiger partial charge on any atom is -0.394 e. The summed E-state index contributed by atoms with van der Waals surface area (Å²) in [6, 6.07) is 9.86. The highest BCUT2D eigenvalue weighted by Gasteiger charge is 2.31. The number of hydrogen-bond donors (Lipinski definition) is 2. The van der Waals surface area contributed by atoms with E-state index in [4.69, 9.17) is 17.0 Å². The summed E-state index contributed by atoms with van der Waals surface area (Å²) in [4.78, 5) is 15.1. The van der Waals surface area contributed by atoms with Crippen molar-refractivity contribution in [1.82, 2.24) is 10.2 Å². The van der Waals surface area contributed by atoms with Crippen LogP contribution in [0.5, 0.6) is 0 Å². The lowest BCUT2D eigenvalue weighted by Crippen LogP contribution is -2.37. The molecule has 0 saturated carbocycles. The molecular formula is C20H20ClN3OS. The summed E-state index contributed by atoms with van der Waals surface area (Å²) in [6.07, 6.45) is 4.82. The zero-order valence-electron chi connectivity index (χ0n) is 14.5. The third-order valence-electron chi connectivity index (χ3n) is 4.45. The Balaban J connectivity index is 2.07. The van der Waals surface area contributed by atoms with Gasteiger partial charge in [-0.1, -0.05) is 42.4 Å². The van der Waals surface area contributed by atoms with Crippen LogP contribution in [0.3, 0.4) is 0 Å². The van der Waals surface area contributed by atoms with Gasteiger partial charge in [0.1, 0.15) is 0 Å². The van der Waals surface area contributed by atoms with Gasteiger partial charge in [-0.15, -0.1) is 11.3 Å². The number of nitrogens with zero attached hydrogens (tertiary/aromatic N) is 1. The molecule has 26 heavy (non-hydrogen) atoms. The minimum absolute atomic E-state index is 0.0223. The van der Waals surface area contributed by atoms with Crippen molar-refractivity contribution in [3.63, 3.8) is 0 Å². The highest BCUT2D eigenvalue weighted by atomic mass is 35.5. The summed E-state index contributed by atoms with van der Waals surface area (Å²) in [5.41, 5.74) is 3.44. The molecule has 2 N–H and O–H groups in total. The Kier molecular flexibility index (Phi) is 5.59. The van der Waals surface area contributed by atoms with E-state index in [-0.39, 0.29) is 11.8 Å². The highest BCUT2D eigenvalue weighted by molar-refractivity contribution is 7.16. The van der Waals surface area contributed by atoms with Gasteiger partial charge in [-0.25, -0.2) is 0 Å². The summed E-state index contributed by atoms with van der Waals surface area (Å²) >= 11 is 7.78. The number of hydrogen-bond acceptors (Lipinski definition) is 4. The molecule has 0 saturated heterocycles. The van der Waals surface area contributed by atoms with Crippen LogP contribution >= 0.6 is 22.9 Å². The van der Waals surface area contributed by atoms with Crippen molar-refractivity contribution in [1.29, 1.82) is 5.41 Å². The first-order valence-electron chi connectivity index (χ1n) is 8.26. The Morgan fingerprint density at radius 2 is 2.19 bits per heavy atom. The van der Waals surface area contributed by atoms with Gasteiger partial charge in [-0.05, 0) is 35.5 Å². The quantitative estimate of drug-likeness (QED) is 0.599. The molecule has 0 radical (unpaired) electrons. The molecule has 0 bridgehead atoms. The number of nitrogens with one attached hydrogen (secondary N) is 2. The van der Waals surface area contributed by atoms with Crippen molar-refractivity contribution < 1.29 is 4.79 Å². The van der Waals surface area contributed by atoms with E-state index in [0.29, 0.717) is 18.8 Å². The lowest BCUT2D eigenvalue weighted by molar-refractivity contribution is -0.127. The van der Waals surface area contributed by atoms with Crippen molar-refractivity contribution in [2.24, 2.45) is 0 Å². The first kappa shape index (κ1) is 18.4. The van der Waals surface area contributed by atoms with Gasteiger partial charge in [0.25, 0.3) is 0 Å². The fourth-order valence-electron chi connectivity index (χ4n) is 3.25. The van der Waals surface area contributed by atoms with Gasteiger partial charge in [0, 0.05) is 30.0 Å². The molecule has 3 rings (SSSR count). The SMILES string of the molecule is C=CC(=O)N1Cc2sc(Cl)cc2[C@@H](c2ccccc2C(=N)/C=C\NC)C1. The van der Waals surface area contributed by atoms with Gasteiger partial charge in [0.15, 0.2) is 0 Å². The second-order valence-corrected chi connectivity index (χ2v) is 7.80. The standard InChI is InChI=1S/C20H20ClN3OS/c1-3-20(25)24-11-16(15-10-19(21)26-18(15)12-24)13-6-4-5-7-14(13)17(22)8-9-23-2/h3-10,16,22-23H,1,11-12H2,2H3/b9-8-,22-17?/t16-/m1/s1. The summed E-state index contributed by atoms with van der Waals surface area (Å²) < 4.78 is 0.718. The first-order chi connectivity index (χ1) is 12.5. The molecule has 1 aromatic heterocycles. The van der Waals surface area contributed by atoms with Crippen LogP contribution in [-0.2, 0) is 11.3 Å². The van der Waals surface area contributed by atoms with Crippen LogP contribution in [-0.4, -0.2) is 30.1 Å². The van der Waals surface area contributed by atoms with E-state index in [1.165, 1.54) is 17.4 Å². The lowest BCUT2D eigenvalue weighted by atomic mass is 9.84. The van der Waals surface area contributed by atoms with Crippen LogP contribution < -0.4 is 5.32 Å². The van der Waals surface area contributed by atoms with Crippen LogP contribution in [0.15, 0.2) is 55.3 Å². The molecule has 1 amide bonds. The fourth-order valence-corrected chi connectivity index (χ4v) is 4.61. The maximum absolute atomic E-state index is 12.2. The van der Waals surface area contributed by atoms with E-state index in [1.807, 2.05) is 30.3 Å². The Bertz CT molecular complexity index is 887. The molecule has 6 heteroatoms. The molecule has 1 aliphatic heterocycles. The number of benzene rings is 1. The van der Waals surface area contributed by atoms with Gasteiger partial charge in [0.05, 0.1) is 16.6 Å². The molecule has 0 fully saturated rings. The van der Waals surface area contributed by atoms with Crippen molar-refractivity contribution >= 4 is 34.6 Å². The fraction of sp³-hybridized carbons (Fsp3) is 0.200. The summed E-state index contributed by atoms with van der Waals surface area (Å²) in [5.74, 6) is -0.112. The Morgan fingerprint density at radius 1 is 1.42 bits per heavy atom. The largest absolute Gasteiger partial charge is 0.394 e.